The second kappa shape index (κ2) is 8.59. The molecule has 166 valence electrons. The highest BCUT2D eigenvalue weighted by atomic mass is 35.5. The fraction of sp³-hybridized carbons (Fsp3) is 0.0769. The number of nitrogens with zero attached hydrogens (tertiary/aromatic N) is 5. The minimum atomic E-state index is -0.0798. The Kier molecular flexibility index (Phi) is 5.28. The van der Waals surface area contributed by atoms with Gasteiger partial charge in [-0.3, -0.25) is 18.7 Å². The molecule has 0 aliphatic rings. The summed E-state index contributed by atoms with van der Waals surface area (Å²) in [5.74, 6) is 1.16. The summed E-state index contributed by atoms with van der Waals surface area (Å²) in [6.07, 6.45) is 1.77. The standard InChI is InChI=1S/C26H18ClN5OS/c27-21-13-12-18(23-19(21)10-6-14-28-23)16-34-26-30-29-25-31(15-17-7-2-1-3-8-17)24(33)20-9-4-5-11-22(20)32(25)26/h1-14H,15-16H2. The number of halogens is 1. The molecule has 0 spiro atoms. The first kappa shape index (κ1) is 20.9. The van der Waals surface area contributed by atoms with Gasteiger partial charge in [0.15, 0.2) is 5.16 Å². The van der Waals surface area contributed by atoms with Crippen LogP contribution in [-0.4, -0.2) is 24.1 Å². The number of thioether (sulfide) groups is 1. The molecular formula is C26H18ClN5OS. The Morgan fingerprint density at radius 1 is 0.853 bits per heavy atom. The average molecular weight is 484 g/mol. The predicted octanol–water partition coefficient (Wildman–Crippen LogP) is 5.59. The second-order valence-electron chi connectivity index (χ2n) is 7.91. The lowest BCUT2D eigenvalue weighted by Gasteiger charge is -2.11. The third kappa shape index (κ3) is 3.54. The molecule has 6 nitrogen and oxygen atoms in total. The normalized spacial score (nSPS) is 11.6. The van der Waals surface area contributed by atoms with Crippen LogP contribution in [0, 0.1) is 0 Å². The molecule has 0 amide bonds. The summed E-state index contributed by atoms with van der Waals surface area (Å²) in [5.41, 5.74) is 3.67. The summed E-state index contributed by atoms with van der Waals surface area (Å²) >= 11 is 7.92. The first-order valence-electron chi connectivity index (χ1n) is 10.8. The molecule has 0 fully saturated rings. The van der Waals surface area contributed by atoms with Gasteiger partial charge in [-0.15, -0.1) is 10.2 Å². The highest BCUT2D eigenvalue weighted by Crippen LogP contribution is 2.30. The SMILES string of the molecule is O=c1c2ccccc2n2c(SCc3ccc(Cl)c4cccnc34)nnc2n1Cc1ccccc1. The van der Waals surface area contributed by atoms with Gasteiger partial charge in [0, 0.05) is 22.4 Å². The smallest absolute Gasteiger partial charge is 0.263 e. The third-order valence-electron chi connectivity index (χ3n) is 5.82. The first-order valence-corrected chi connectivity index (χ1v) is 12.1. The minimum absolute atomic E-state index is 0.0798. The number of pyridine rings is 1. The van der Waals surface area contributed by atoms with Crippen LogP contribution in [0.3, 0.4) is 0 Å². The van der Waals surface area contributed by atoms with Crippen molar-refractivity contribution in [3.05, 3.63) is 112 Å². The molecule has 3 aromatic carbocycles. The van der Waals surface area contributed by atoms with Gasteiger partial charge in [-0.2, -0.15) is 0 Å². The highest BCUT2D eigenvalue weighted by Gasteiger charge is 2.17. The number of hydrogen-bond donors (Lipinski definition) is 0. The van der Waals surface area contributed by atoms with Gasteiger partial charge in [0.2, 0.25) is 5.78 Å². The van der Waals surface area contributed by atoms with E-state index in [2.05, 4.69) is 15.2 Å². The molecule has 0 atom stereocenters. The number of rotatable bonds is 5. The van der Waals surface area contributed by atoms with Crippen molar-refractivity contribution in [2.45, 2.75) is 17.5 Å². The highest BCUT2D eigenvalue weighted by molar-refractivity contribution is 7.98. The van der Waals surface area contributed by atoms with Gasteiger partial charge in [0.25, 0.3) is 5.56 Å². The molecule has 0 aliphatic heterocycles. The zero-order valence-electron chi connectivity index (χ0n) is 17.9. The van der Waals surface area contributed by atoms with E-state index in [1.807, 2.05) is 83.3 Å². The van der Waals surface area contributed by atoms with Crippen LogP contribution in [0.2, 0.25) is 5.02 Å². The summed E-state index contributed by atoms with van der Waals surface area (Å²) in [4.78, 5) is 17.9. The fourth-order valence-corrected chi connectivity index (χ4v) is 5.33. The molecule has 3 aromatic heterocycles. The molecular weight excluding hydrogens is 466 g/mol. The zero-order chi connectivity index (χ0) is 23.1. The molecule has 34 heavy (non-hydrogen) atoms. The van der Waals surface area contributed by atoms with Crippen LogP contribution in [0.1, 0.15) is 11.1 Å². The number of para-hydroxylation sites is 1. The van der Waals surface area contributed by atoms with E-state index in [0.29, 0.717) is 33.6 Å². The topological polar surface area (TPSA) is 65.1 Å². The van der Waals surface area contributed by atoms with E-state index >= 15 is 0 Å². The van der Waals surface area contributed by atoms with Crippen LogP contribution in [0.25, 0.3) is 27.6 Å². The number of hydrogen-bond acceptors (Lipinski definition) is 5. The Morgan fingerprint density at radius 3 is 2.53 bits per heavy atom. The van der Waals surface area contributed by atoms with Gasteiger partial charge in [-0.05, 0) is 41.5 Å². The maximum absolute atomic E-state index is 13.4. The van der Waals surface area contributed by atoms with E-state index in [1.165, 1.54) is 0 Å². The number of fused-ring (bicyclic) bond motifs is 4. The van der Waals surface area contributed by atoms with Crippen molar-refractivity contribution in [2.75, 3.05) is 0 Å². The maximum Gasteiger partial charge on any atom is 0.263 e. The van der Waals surface area contributed by atoms with Crippen molar-refractivity contribution in [3.8, 4) is 0 Å². The molecule has 3 heterocycles. The Hall–Kier alpha value is -3.68. The molecule has 0 N–H and O–H groups in total. The molecule has 0 saturated heterocycles. The van der Waals surface area contributed by atoms with E-state index in [-0.39, 0.29) is 5.56 Å². The lowest BCUT2D eigenvalue weighted by atomic mass is 10.1. The summed E-state index contributed by atoms with van der Waals surface area (Å²) < 4.78 is 3.66. The summed E-state index contributed by atoms with van der Waals surface area (Å²) in [5, 5.41) is 11.9. The van der Waals surface area contributed by atoms with Crippen LogP contribution in [0.5, 0.6) is 0 Å². The van der Waals surface area contributed by atoms with Crippen molar-refractivity contribution >= 4 is 50.9 Å². The quantitative estimate of drug-likeness (QED) is 0.299. The molecule has 0 unspecified atom stereocenters. The molecule has 0 bridgehead atoms. The Labute approximate surface area is 203 Å². The van der Waals surface area contributed by atoms with Crippen LogP contribution in [0.15, 0.2) is 95.0 Å². The van der Waals surface area contributed by atoms with E-state index in [9.17, 15) is 4.79 Å². The van der Waals surface area contributed by atoms with E-state index in [4.69, 9.17) is 11.6 Å². The van der Waals surface area contributed by atoms with Crippen LogP contribution >= 0.6 is 23.4 Å². The first-order chi connectivity index (χ1) is 16.7. The van der Waals surface area contributed by atoms with Crippen molar-refractivity contribution in [1.29, 1.82) is 0 Å². The van der Waals surface area contributed by atoms with Crippen LogP contribution < -0.4 is 5.56 Å². The van der Waals surface area contributed by atoms with E-state index in [0.717, 1.165) is 27.5 Å². The Balaban J connectivity index is 1.47. The van der Waals surface area contributed by atoms with Gasteiger partial charge in [-0.1, -0.05) is 71.9 Å². The zero-order valence-corrected chi connectivity index (χ0v) is 19.5. The molecule has 0 radical (unpaired) electrons. The molecule has 0 saturated carbocycles. The van der Waals surface area contributed by atoms with Crippen molar-refractivity contribution in [3.63, 3.8) is 0 Å². The average Bonchev–Trinajstić information content (AvgIpc) is 3.31. The number of benzene rings is 3. The van der Waals surface area contributed by atoms with Gasteiger partial charge in [-0.25, -0.2) is 0 Å². The van der Waals surface area contributed by atoms with Gasteiger partial charge in [0.05, 0.1) is 23.0 Å². The van der Waals surface area contributed by atoms with Gasteiger partial charge < -0.3 is 0 Å². The second-order valence-corrected chi connectivity index (χ2v) is 9.26. The third-order valence-corrected chi connectivity index (χ3v) is 7.13. The number of aromatic nitrogens is 5. The molecule has 0 aliphatic carbocycles. The van der Waals surface area contributed by atoms with Gasteiger partial charge >= 0.3 is 0 Å². The van der Waals surface area contributed by atoms with Crippen molar-refractivity contribution in [1.82, 2.24) is 24.1 Å². The summed E-state index contributed by atoms with van der Waals surface area (Å²) in [7, 11) is 0. The summed E-state index contributed by atoms with van der Waals surface area (Å²) in [6.45, 7) is 0.419. The van der Waals surface area contributed by atoms with Crippen LogP contribution in [0.4, 0.5) is 0 Å². The maximum atomic E-state index is 13.4. The molecule has 8 heteroatoms. The predicted molar refractivity (Wildman–Crippen MR) is 137 cm³/mol. The van der Waals surface area contributed by atoms with Crippen molar-refractivity contribution in [2.24, 2.45) is 0 Å². The lowest BCUT2D eigenvalue weighted by molar-refractivity contribution is 0.764. The fourth-order valence-electron chi connectivity index (χ4n) is 4.19. The molecule has 6 rings (SSSR count). The van der Waals surface area contributed by atoms with Crippen LogP contribution in [-0.2, 0) is 12.3 Å². The monoisotopic (exact) mass is 483 g/mol. The van der Waals surface area contributed by atoms with E-state index in [1.54, 1.807) is 22.5 Å². The lowest BCUT2D eigenvalue weighted by Crippen LogP contribution is -2.24. The summed E-state index contributed by atoms with van der Waals surface area (Å²) in [6, 6.07) is 25.2. The largest absolute Gasteiger partial charge is 0.272 e. The van der Waals surface area contributed by atoms with Gasteiger partial charge in [0.1, 0.15) is 0 Å². The van der Waals surface area contributed by atoms with Crippen molar-refractivity contribution < 1.29 is 0 Å². The van der Waals surface area contributed by atoms with E-state index < -0.39 is 0 Å². The minimum Gasteiger partial charge on any atom is -0.272 e. The Morgan fingerprint density at radius 2 is 1.65 bits per heavy atom. The Bertz CT molecular complexity index is 1730. The molecule has 6 aromatic rings.